The van der Waals surface area contributed by atoms with E-state index < -0.39 is 4.92 Å². The van der Waals surface area contributed by atoms with Crippen LogP contribution in [0.25, 0.3) is 11.0 Å². The molecule has 4 rings (SSSR count). The standard InChI is InChI=1S/C23H19N5O3S/c29-22(26-24-14-17-10-12-19(13-11-17)28(30)31)16-32-23-25-20-8-4-5-9-21(20)27(23)15-18-6-2-1-3-7-18/h1-14H,15-16H2,(H,26,29)/b24-14-. The number of hydrazone groups is 1. The van der Waals surface area contributed by atoms with Crippen molar-refractivity contribution in [2.45, 2.75) is 11.7 Å². The number of amides is 1. The Bertz CT molecular complexity index is 1270. The first kappa shape index (κ1) is 21.3. The van der Waals surface area contributed by atoms with Gasteiger partial charge in [-0.05, 0) is 35.4 Å². The Labute approximate surface area is 188 Å². The molecule has 1 N–H and O–H groups in total. The molecule has 160 valence electrons. The number of nitro groups is 1. The van der Waals surface area contributed by atoms with Gasteiger partial charge in [0.2, 0.25) is 0 Å². The number of para-hydroxylation sites is 2. The second-order valence-electron chi connectivity index (χ2n) is 6.89. The summed E-state index contributed by atoms with van der Waals surface area (Å²) < 4.78 is 2.10. The van der Waals surface area contributed by atoms with Gasteiger partial charge >= 0.3 is 0 Å². The number of nitro benzene ring substituents is 1. The predicted molar refractivity (Wildman–Crippen MR) is 125 cm³/mol. The third-order valence-electron chi connectivity index (χ3n) is 4.64. The highest BCUT2D eigenvalue weighted by atomic mass is 32.2. The Morgan fingerprint density at radius 2 is 1.78 bits per heavy atom. The van der Waals surface area contributed by atoms with Gasteiger partial charge in [-0.3, -0.25) is 14.9 Å². The summed E-state index contributed by atoms with van der Waals surface area (Å²) in [5, 5.41) is 15.4. The molecule has 1 heterocycles. The van der Waals surface area contributed by atoms with Crippen molar-refractivity contribution in [3.05, 3.63) is 100 Å². The van der Waals surface area contributed by atoms with Crippen molar-refractivity contribution in [2.24, 2.45) is 5.10 Å². The molecule has 4 aromatic rings. The van der Waals surface area contributed by atoms with E-state index in [4.69, 9.17) is 0 Å². The van der Waals surface area contributed by atoms with Gasteiger partial charge in [0, 0.05) is 12.1 Å². The Kier molecular flexibility index (Phi) is 6.57. The Hall–Kier alpha value is -3.98. The van der Waals surface area contributed by atoms with Crippen molar-refractivity contribution in [3.8, 4) is 0 Å². The van der Waals surface area contributed by atoms with Crippen LogP contribution >= 0.6 is 11.8 Å². The lowest BCUT2D eigenvalue weighted by atomic mass is 10.2. The van der Waals surface area contributed by atoms with E-state index >= 15 is 0 Å². The van der Waals surface area contributed by atoms with E-state index in [-0.39, 0.29) is 17.3 Å². The molecule has 0 unspecified atom stereocenters. The number of hydrogen-bond donors (Lipinski definition) is 1. The first-order chi connectivity index (χ1) is 15.6. The van der Waals surface area contributed by atoms with Crippen molar-refractivity contribution in [3.63, 3.8) is 0 Å². The van der Waals surface area contributed by atoms with E-state index in [1.807, 2.05) is 42.5 Å². The first-order valence-corrected chi connectivity index (χ1v) is 10.8. The molecule has 0 aliphatic heterocycles. The van der Waals surface area contributed by atoms with E-state index in [1.54, 1.807) is 12.1 Å². The lowest BCUT2D eigenvalue weighted by Gasteiger charge is -2.09. The van der Waals surface area contributed by atoms with E-state index in [9.17, 15) is 14.9 Å². The fraction of sp³-hybridized carbons (Fsp3) is 0.0870. The fourth-order valence-corrected chi connectivity index (χ4v) is 3.91. The molecule has 0 aliphatic rings. The van der Waals surface area contributed by atoms with Crippen LogP contribution in [0.15, 0.2) is 89.1 Å². The van der Waals surface area contributed by atoms with Gasteiger partial charge in [-0.1, -0.05) is 54.2 Å². The second kappa shape index (κ2) is 9.88. The number of nitrogens with zero attached hydrogens (tertiary/aromatic N) is 4. The van der Waals surface area contributed by atoms with E-state index in [0.29, 0.717) is 12.1 Å². The van der Waals surface area contributed by atoms with Crippen LogP contribution in [0.1, 0.15) is 11.1 Å². The van der Waals surface area contributed by atoms with Gasteiger partial charge in [-0.15, -0.1) is 0 Å². The molecular weight excluding hydrogens is 426 g/mol. The number of carbonyl (C=O) groups excluding carboxylic acids is 1. The van der Waals surface area contributed by atoms with Crippen LogP contribution in [0.4, 0.5) is 5.69 Å². The van der Waals surface area contributed by atoms with Gasteiger partial charge in [0.05, 0.1) is 34.5 Å². The largest absolute Gasteiger partial charge is 0.314 e. The van der Waals surface area contributed by atoms with Gasteiger partial charge in [-0.25, -0.2) is 10.4 Å². The molecule has 1 aromatic heterocycles. The van der Waals surface area contributed by atoms with Gasteiger partial charge in [0.15, 0.2) is 5.16 Å². The van der Waals surface area contributed by atoms with Gasteiger partial charge in [-0.2, -0.15) is 5.10 Å². The van der Waals surface area contributed by atoms with Gasteiger partial charge < -0.3 is 4.57 Å². The molecule has 3 aromatic carbocycles. The van der Waals surface area contributed by atoms with Crippen molar-refractivity contribution in [1.82, 2.24) is 15.0 Å². The number of rotatable bonds is 8. The number of hydrogen-bond acceptors (Lipinski definition) is 6. The molecule has 32 heavy (non-hydrogen) atoms. The number of non-ortho nitro benzene ring substituents is 1. The van der Waals surface area contributed by atoms with E-state index in [2.05, 4.69) is 32.2 Å². The SMILES string of the molecule is O=C(CSc1nc2ccccc2n1Cc1ccccc1)N/N=C\c1ccc([N+](=O)[O-])cc1. The summed E-state index contributed by atoms with van der Waals surface area (Å²) in [7, 11) is 0. The van der Waals surface area contributed by atoms with Crippen LogP contribution in [0.5, 0.6) is 0 Å². The van der Waals surface area contributed by atoms with Crippen LogP contribution in [0.3, 0.4) is 0 Å². The number of nitrogens with one attached hydrogen (secondary N) is 1. The third-order valence-corrected chi connectivity index (χ3v) is 5.62. The minimum Gasteiger partial charge on any atom is -0.314 e. The zero-order chi connectivity index (χ0) is 22.3. The lowest BCUT2D eigenvalue weighted by molar-refractivity contribution is -0.384. The molecule has 0 spiro atoms. The second-order valence-corrected chi connectivity index (χ2v) is 7.83. The normalized spacial score (nSPS) is 11.1. The zero-order valence-electron chi connectivity index (χ0n) is 16.9. The molecule has 9 heteroatoms. The van der Waals surface area contributed by atoms with Crippen LogP contribution in [-0.2, 0) is 11.3 Å². The summed E-state index contributed by atoms with van der Waals surface area (Å²) >= 11 is 1.34. The summed E-state index contributed by atoms with van der Waals surface area (Å²) in [6.45, 7) is 0.656. The minimum atomic E-state index is -0.467. The number of thioether (sulfide) groups is 1. The highest BCUT2D eigenvalue weighted by molar-refractivity contribution is 7.99. The van der Waals surface area contributed by atoms with Crippen molar-refractivity contribution < 1.29 is 9.72 Å². The molecule has 1 amide bonds. The van der Waals surface area contributed by atoms with Gasteiger partial charge in [0.25, 0.3) is 11.6 Å². The molecule has 8 nitrogen and oxygen atoms in total. The summed E-state index contributed by atoms with van der Waals surface area (Å²) in [5.41, 5.74) is 6.16. The van der Waals surface area contributed by atoms with Gasteiger partial charge in [0.1, 0.15) is 0 Å². The topological polar surface area (TPSA) is 102 Å². The number of carbonyl (C=O) groups is 1. The Balaban J connectivity index is 1.40. The molecule has 0 atom stereocenters. The number of fused-ring (bicyclic) bond motifs is 1. The smallest absolute Gasteiger partial charge is 0.269 e. The maximum Gasteiger partial charge on any atom is 0.269 e. The highest BCUT2D eigenvalue weighted by Crippen LogP contribution is 2.25. The monoisotopic (exact) mass is 445 g/mol. The Morgan fingerprint density at radius 1 is 1.06 bits per heavy atom. The lowest BCUT2D eigenvalue weighted by Crippen LogP contribution is -2.20. The van der Waals surface area contributed by atoms with Crippen molar-refractivity contribution >= 4 is 40.6 Å². The number of imidazole rings is 1. The number of benzene rings is 3. The quantitative estimate of drug-likeness (QED) is 0.189. The molecule has 0 aliphatic carbocycles. The van der Waals surface area contributed by atoms with Crippen LogP contribution in [0, 0.1) is 10.1 Å². The molecular formula is C23H19N5O3S. The van der Waals surface area contributed by atoms with Crippen LogP contribution in [-0.4, -0.2) is 32.3 Å². The summed E-state index contributed by atoms with van der Waals surface area (Å²) in [6.07, 6.45) is 1.44. The Morgan fingerprint density at radius 3 is 2.53 bits per heavy atom. The summed E-state index contributed by atoms with van der Waals surface area (Å²) in [4.78, 5) is 27.2. The highest BCUT2D eigenvalue weighted by Gasteiger charge is 2.13. The van der Waals surface area contributed by atoms with Crippen molar-refractivity contribution in [1.29, 1.82) is 0 Å². The molecule has 0 radical (unpaired) electrons. The van der Waals surface area contributed by atoms with E-state index in [0.717, 1.165) is 21.8 Å². The molecule has 0 saturated heterocycles. The third kappa shape index (κ3) is 5.19. The zero-order valence-corrected chi connectivity index (χ0v) is 17.7. The molecule has 0 saturated carbocycles. The summed E-state index contributed by atoms with van der Waals surface area (Å²) in [5.74, 6) is -0.123. The molecule has 0 fully saturated rings. The van der Waals surface area contributed by atoms with Crippen LogP contribution < -0.4 is 5.43 Å². The predicted octanol–water partition coefficient (Wildman–Crippen LogP) is 4.24. The van der Waals surface area contributed by atoms with Crippen LogP contribution in [0.2, 0.25) is 0 Å². The maximum absolute atomic E-state index is 12.3. The van der Waals surface area contributed by atoms with Crippen molar-refractivity contribution in [2.75, 3.05) is 5.75 Å². The summed E-state index contributed by atoms with van der Waals surface area (Å²) in [6, 6.07) is 23.9. The average Bonchev–Trinajstić information content (AvgIpc) is 3.16. The maximum atomic E-state index is 12.3. The fourth-order valence-electron chi connectivity index (χ4n) is 3.11. The van der Waals surface area contributed by atoms with E-state index in [1.165, 1.54) is 30.1 Å². The number of aromatic nitrogens is 2. The first-order valence-electron chi connectivity index (χ1n) is 9.78. The average molecular weight is 446 g/mol. The molecule has 0 bridgehead atoms. The minimum absolute atomic E-state index is 0.000905.